The van der Waals surface area contributed by atoms with Gasteiger partial charge in [-0.1, -0.05) is 18.2 Å². The summed E-state index contributed by atoms with van der Waals surface area (Å²) >= 11 is 0. The van der Waals surface area contributed by atoms with Crippen LogP contribution in [0.5, 0.6) is 11.5 Å². The van der Waals surface area contributed by atoms with Crippen LogP contribution < -0.4 is 20.1 Å². The summed E-state index contributed by atoms with van der Waals surface area (Å²) in [5.41, 5.74) is 2.64. The Balaban J connectivity index is 1.51. The predicted molar refractivity (Wildman–Crippen MR) is 103 cm³/mol. The van der Waals surface area contributed by atoms with E-state index in [2.05, 4.69) is 10.6 Å². The van der Waals surface area contributed by atoms with E-state index in [4.69, 9.17) is 9.47 Å². The Hall–Kier alpha value is -3.02. The highest BCUT2D eigenvalue weighted by Crippen LogP contribution is 2.40. The summed E-state index contributed by atoms with van der Waals surface area (Å²) in [6.07, 6.45) is 0.564. The molecule has 0 radical (unpaired) electrons. The molecule has 2 atom stereocenters. The number of aryl methyl sites for hydroxylation is 1. The molecule has 0 bridgehead atoms. The molecule has 2 unspecified atom stereocenters. The molecule has 0 saturated heterocycles. The van der Waals surface area contributed by atoms with Crippen LogP contribution in [0.4, 0.5) is 5.69 Å². The van der Waals surface area contributed by atoms with E-state index in [9.17, 15) is 9.59 Å². The van der Waals surface area contributed by atoms with Crippen molar-refractivity contribution in [1.29, 1.82) is 0 Å². The molecular formula is C21H24N2O4. The third kappa shape index (κ3) is 4.58. The second kappa shape index (κ2) is 8.12. The Morgan fingerprint density at radius 2 is 1.70 bits per heavy atom. The zero-order chi connectivity index (χ0) is 19.4. The quantitative estimate of drug-likeness (QED) is 0.788. The lowest BCUT2D eigenvalue weighted by Crippen LogP contribution is -2.27. The molecular weight excluding hydrogens is 344 g/mol. The summed E-state index contributed by atoms with van der Waals surface area (Å²) in [5, 5.41) is 5.77. The molecule has 6 nitrogen and oxygen atoms in total. The number of ether oxygens (including phenoxy) is 2. The molecule has 0 aliphatic heterocycles. The van der Waals surface area contributed by atoms with Gasteiger partial charge in [0.1, 0.15) is 11.5 Å². The molecule has 0 heterocycles. The van der Waals surface area contributed by atoms with Gasteiger partial charge in [0.15, 0.2) is 0 Å². The maximum absolute atomic E-state index is 12.5. The van der Waals surface area contributed by atoms with Crippen LogP contribution in [0, 0.1) is 18.8 Å². The van der Waals surface area contributed by atoms with Gasteiger partial charge in [-0.05, 0) is 48.7 Å². The monoisotopic (exact) mass is 368 g/mol. The lowest BCUT2D eigenvalue weighted by molar-refractivity contribution is -0.125. The van der Waals surface area contributed by atoms with Crippen LogP contribution in [0.3, 0.4) is 0 Å². The minimum atomic E-state index is -0.300. The van der Waals surface area contributed by atoms with Gasteiger partial charge in [0.05, 0.1) is 31.7 Å². The highest BCUT2D eigenvalue weighted by Gasteiger charge is 2.48. The van der Waals surface area contributed by atoms with Gasteiger partial charge in [-0.2, -0.15) is 0 Å². The second-order valence-corrected chi connectivity index (χ2v) is 6.71. The molecule has 0 aromatic heterocycles. The van der Waals surface area contributed by atoms with E-state index >= 15 is 0 Å². The second-order valence-electron chi connectivity index (χ2n) is 6.71. The Morgan fingerprint density at radius 1 is 1.00 bits per heavy atom. The summed E-state index contributed by atoms with van der Waals surface area (Å²) in [6.45, 7) is 2.38. The molecule has 6 heteroatoms. The predicted octanol–water partition coefficient (Wildman–Crippen LogP) is 2.90. The highest BCUT2D eigenvalue weighted by atomic mass is 16.5. The normalized spacial score (nSPS) is 17.7. The standard InChI is InChI=1S/C21H24N2O4/c1-13-4-9-19(27-3)18(10-13)23-21(25)17-11-16(17)20(24)22-12-14-5-7-15(26-2)8-6-14/h4-10,16-17H,11-12H2,1-3H3,(H,22,24)(H,23,25). The molecule has 2 amide bonds. The molecule has 2 N–H and O–H groups in total. The molecule has 0 spiro atoms. The zero-order valence-electron chi connectivity index (χ0n) is 15.7. The number of carbonyl (C=O) groups excluding carboxylic acids is 2. The number of hydrogen-bond acceptors (Lipinski definition) is 4. The highest BCUT2D eigenvalue weighted by molar-refractivity contribution is 6.00. The summed E-state index contributed by atoms with van der Waals surface area (Å²) < 4.78 is 10.4. The van der Waals surface area contributed by atoms with Crippen molar-refractivity contribution in [1.82, 2.24) is 5.32 Å². The molecule has 3 rings (SSSR count). The number of benzene rings is 2. The number of methoxy groups -OCH3 is 2. The lowest BCUT2D eigenvalue weighted by Gasteiger charge is -2.11. The molecule has 142 valence electrons. The Labute approximate surface area is 158 Å². The van der Waals surface area contributed by atoms with Gasteiger partial charge in [0.2, 0.25) is 11.8 Å². The Bertz CT molecular complexity index is 833. The third-order valence-electron chi connectivity index (χ3n) is 4.70. The van der Waals surface area contributed by atoms with Crippen LogP contribution in [-0.2, 0) is 16.1 Å². The molecule has 27 heavy (non-hydrogen) atoms. The first-order valence-corrected chi connectivity index (χ1v) is 8.88. The number of hydrogen-bond donors (Lipinski definition) is 2. The fourth-order valence-electron chi connectivity index (χ4n) is 2.98. The van der Waals surface area contributed by atoms with Crippen LogP contribution in [0.15, 0.2) is 42.5 Å². The van der Waals surface area contributed by atoms with Crippen molar-refractivity contribution in [2.45, 2.75) is 19.9 Å². The first-order chi connectivity index (χ1) is 13.0. The van der Waals surface area contributed by atoms with Crippen LogP contribution in [-0.4, -0.2) is 26.0 Å². The number of carbonyl (C=O) groups is 2. The minimum absolute atomic E-state index is 0.0952. The van der Waals surface area contributed by atoms with E-state index in [0.29, 0.717) is 24.4 Å². The van der Waals surface area contributed by atoms with Gasteiger partial charge in [-0.3, -0.25) is 9.59 Å². The molecule has 2 aromatic carbocycles. The fourth-order valence-corrected chi connectivity index (χ4v) is 2.98. The Kier molecular flexibility index (Phi) is 5.64. The van der Waals surface area contributed by atoms with Crippen molar-refractivity contribution in [3.05, 3.63) is 53.6 Å². The van der Waals surface area contributed by atoms with Gasteiger partial charge >= 0.3 is 0 Å². The molecule has 1 fully saturated rings. The van der Waals surface area contributed by atoms with Crippen LogP contribution in [0.1, 0.15) is 17.5 Å². The van der Waals surface area contributed by atoms with Crippen molar-refractivity contribution < 1.29 is 19.1 Å². The van der Waals surface area contributed by atoms with Crippen molar-refractivity contribution in [3.8, 4) is 11.5 Å². The zero-order valence-corrected chi connectivity index (χ0v) is 15.7. The maximum atomic E-state index is 12.5. The van der Waals surface area contributed by atoms with Crippen LogP contribution in [0.2, 0.25) is 0 Å². The van der Waals surface area contributed by atoms with E-state index in [1.54, 1.807) is 14.2 Å². The molecule has 1 saturated carbocycles. The molecule has 1 aliphatic carbocycles. The lowest BCUT2D eigenvalue weighted by atomic mass is 10.2. The van der Waals surface area contributed by atoms with Crippen molar-refractivity contribution in [3.63, 3.8) is 0 Å². The van der Waals surface area contributed by atoms with E-state index in [1.165, 1.54) is 0 Å². The van der Waals surface area contributed by atoms with E-state index in [-0.39, 0.29) is 23.7 Å². The first-order valence-electron chi connectivity index (χ1n) is 8.88. The SMILES string of the molecule is COc1ccc(CNC(=O)C2CC2C(=O)Nc2cc(C)ccc2OC)cc1. The number of amides is 2. The van der Waals surface area contributed by atoms with E-state index < -0.39 is 0 Å². The topological polar surface area (TPSA) is 76.7 Å². The Morgan fingerprint density at radius 3 is 2.37 bits per heavy atom. The summed E-state index contributed by atoms with van der Waals surface area (Å²) in [5.74, 6) is 0.557. The first kappa shape index (κ1) is 18.8. The molecule has 1 aliphatic rings. The minimum Gasteiger partial charge on any atom is -0.497 e. The average Bonchev–Trinajstić information content (AvgIpc) is 3.48. The van der Waals surface area contributed by atoms with Crippen molar-refractivity contribution in [2.75, 3.05) is 19.5 Å². The summed E-state index contributed by atoms with van der Waals surface area (Å²) in [6, 6.07) is 13.1. The van der Waals surface area contributed by atoms with Crippen LogP contribution in [0.25, 0.3) is 0 Å². The fraction of sp³-hybridized carbons (Fsp3) is 0.333. The van der Waals surface area contributed by atoms with Gasteiger partial charge in [0, 0.05) is 6.54 Å². The van der Waals surface area contributed by atoms with Gasteiger partial charge in [0.25, 0.3) is 0 Å². The van der Waals surface area contributed by atoms with E-state index in [1.807, 2.05) is 49.4 Å². The summed E-state index contributed by atoms with van der Waals surface area (Å²) in [7, 11) is 3.17. The van der Waals surface area contributed by atoms with Crippen molar-refractivity contribution in [2.24, 2.45) is 11.8 Å². The number of nitrogens with one attached hydrogen (secondary N) is 2. The van der Waals surface area contributed by atoms with E-state index in [0.717, 1.165) is 16.9 Å². The maximum Gasteiger partial charge on any atom is 0.228 e. The van der Waals surface area contributed by atoms with Gasteiger partial charge in [-0.15, -0.1) is 0 Å². The van der Waals surface area contributed by atoms with Gasteiger partial charge in [-0.25, -0.2) is 0 Å². The number of anilines is 1. The smallest absolute Gasteiger partial charge is 0.228 e. The average molecular weight is 368 g/mol. The summed E-state index contributed by atoms with van der Waals surface area (Å²) in [4.78, 5) is 24.8. The van der Waals surface area contributed by atoms with Gasteiger partial charge < -0.3 is 20.1 Å². The third-order valence-corrected chi connectivity index (χ3v) is 4.70. The van der Waals surface area contributed by atoms with Crippen molar-refractivity contribution >= 4 is 17.5 Å². The number of rotatable bonds is 7. The molecule has 2 aromatic rings. The largest absolute Gasteiger partial charge is 0.497 e. The van der Waals surface area contributed by atoms with Crippen LogP contribution >= 0.6 is 0 Å².